The third-order valence-corrected chi connectivity index (χ3v) is 2.66. The van der Waals surface area contributed by atoms with Crippen LogP contribution in [0.3, 0.4) is 0 Å². The monoisotopic (exact) mass is 253 g/mol. The zero-order chi connectivity index (χ0) is 13.4. The summed E-state index contributed by atoms with van der Waals surface area (Å²) in [6, 6.07) is 5.76. The van der Waals surface area contributed by atoms with Gasteiger partial charge in [-0.1, -0.05) is 13.0 Å². The first-order chi connectivity index (χ1) is 8.71. The molecular formula is C14H23NO3. The van der Waals surface area contributed by atoms with Gasteiger partial charge in [-0.2, -0.15) is 0 Å². The van der Waals surface area contributed by atoms with Crippen LogP contribution in [0.1, 0.15) is 18.9 Å². The predicted octanol–water partition coefficient (Wildman–Crippen LogP) is 1.74. The van der Waals surface area contributed by atoms with Crippen molar-refractivity contribution in [3.05, 3.63) is 23.8 Å². The first-order valence-corrected chi connectivity index (χ1v) is 6.33. The molecule has 4 nitrogen and oxygen atoms in total. The van der Waals surface area contributed by atoms with Crippen molar-refractivity contribution >= 4 is 0 Å². The molecule has 4 heteroatoms. The number of methoxy groups -OCH3 is 1. The fraction of sp³-hybridized carbons (Fsp3) is 0.571. The minimum absolute atomic E-state index is 0.0454. The summed E-state index contributed by atoms with van der Waals surface area (Å²) in [5.74, 6) is 1.43. The van der Waals surface area contributed by atoms with Crippen LogP contribution in [-0.2, 0) is 0 Å². The third-order valence-electron chi connectivity index (χ3n) is 2.66. The Labute approximate surface area is 109 Å². The van der Waals surface area contributed by atoms with Gasteiger partial charge in [0.1, 0.15) is 6.61 Å². The van der Waals surface area contributed by atoms with Gasteiger partial charge in [0, 0.05) is 0 Å². The summed E-state index contributed by atoms with van der Waals surface area (Å²) in [6.07, 6.45) is 1.03. The molecule has 0 aliphatic rings. The van der Waals surface area contributed by atoms with Crippen molar-refractivity contribution in [1.82, 2.24) is 5.32 Å². The number of aryl methyl sites for hydroxylation is 1. The predicted molar refractivity (Wildman–Crippen MR) is 72.4 cm³/mol. The number of benzene rings is 1. The van der Waals surface area contributed by atoms with Crippen LogP contribution in [0.4, 0.5) is 0 Å². The lowest BCUT2D eigenvalue weighted by Crippen LogP contribution is -2.38. The molecule has 0 bridgehead atoms. The average Bonchev–Trinajstić information content (AvgIpc) is 2.40. The van der Waals surface area contributed by atoms with Gasteiger partial charge in [-0.25, -0.2) is 0 Å². The second-order valence-electron chi connectivity index (χ2n) is 4.30. The van der Waals surface area contributed by atoms with Crippen LogP contribution in [0.5, 0.6) is 11.5 Å². The van der Waals surface area contributed by atoms with E-state index in [1.807, 2.05) is 25.1 Å². The number of ether oxygens (including phenoxy) is 2. The van der Waals surface area contributed by atoms with Crippen molar-refractivity contribution in [2.75, 3.05) is 26.9 Å². The normalized spacial score (nSPS) is 12.2. The Morgan fingerprint density at radius 1 is 1.33 bits per heavy atom. The lowest BCUT2D eigenvalue weighted by Gasteiger charge is -2.18. The van der Waals surface area contributed by atoms with E-state index in [1.165, 1.54) is 0 Å². The highest BCUT2D eigenvalue weighted by molar-refractivity contribution is 5.42. The van der Waals surface area contributed by atoms with E-state index < -0.39 is 0 Å². The van der Waals surface area contributed by atoms with E-state index in [0.717, 1.165) is 24.3 Å². The summed E-state index contributed by atoms with van der Waals surface area (Å²) in [7, 11) is 1.63. The minimum Gasteiger partial charge on any atom is -0.493 e. The van der Waals surface area contributed by atoms with Gasteiger partial charge in [0.05, 0.1) is 19.8 Å². The Bertz CT molecular complexity index is 355. The molecule has 1 rings (SSSR count). The maximum Gasteiger partial charge on any atom is 0.161 e. The van der Waals surface area contributed by atoms with Gasteiger partial charge in [-0.3, -0.25) is 0 Å². The lowest BCUT2D eigenvalue weighted by molar-refractivity contribution is 0.180. The van der Waals surface area contributed by atoms with Gasteiger partial charge in [0.15, 0.2) is 11.5 Å². The molecule has 1 aromatic carbocycles. The molecular weight excluding hydrogens is 230 g/mol. The van der Waals surface area contributed by atoms with Crippen molar-refractivity contribution in [2.24, 2.45) is 0 Å². The molecule has 0 aromatic heterocycles. The van der Waals surface area contributed by atoms with Crippen LogP contribution in [0, 0.1) is 6.92 Å². The summed E-state index contributed by atoms with van der Waals surface area (Å²) >= 11 is 0. The largest absolute Gasteiger partial charge is 0.493 e. The van der Waals surface area contributed by atoms with E-state index in [2.05, 4.69) is 12.2 Å². The number of aliphatic hydroxyl groups excluding tert-OH is 1. The Kier molecular flexibility index (Phi) is 6.54. The topological polar surface area (TPSA) is 50.7 Å². The van der Waals surface area contributed by atoms with Crippen molar-refractivity contribution in [3.63, 3.8) is 0 Å². The highest BCUT2D eigenvalue weighted by Crippen LogP contribution is 2.27. The number of aliphatic hydroxyl groups is 1. The number of hydrogen-bond acceptors (Lipinski definition) is 4. The summed E-state index contributed by atoms with van der Waals surface area (Å²) in [5, 5.41) is 12.4. The Morgan fingerprint density at radius 3 is 2.72 bits per heavy atom. The molecule has 0 saturated carbocycles. The van der Waals surface area contributed by atoms with Gasteiger partial charge < -0.3 is 19.9 Å². The highest BCUT2D eigenvalue weighted by Gasteiger charge is 2.09. The van der Waals surface area contributed by atoms with E-state index >= 15 is 0 Å². The molecule has 1 unspecified atom stereocenters. The molecule has 1 atom stereocenters. The number of rotatable bonds is 8. The van der Waals surface area contributed by atoms with E-state index in [9.17, 15) is 5.11 Å². The molecule has 102 valence electrons. The van der Waals surface area contributed by atoms with E-state index in [4.69, 9.17) is 9.47 Å². The number of nitrogens with one attached hydrogen (secondary N) is 1. The standard InChI is InChI=1S/C14H23NO3/c1-4-7-15-12(9-16)10-18-13-6-5-11(2)8-14(13)17-3/h5-6,8,12,15-16H,4,7,9-10H2,1-3H3. The van der Waals surface area contributed by atoms with Gasteiger partial charge in [0.2, 0.25) is 0 Å². The molecule has 0 heterocycles. The van der Waals surface area contributed by atoms with Crippen molar-refractivity contribution in [2.45, 2.75) is 26.3 Å². The zero-order valence-corrected chi connectivity index (χ0v) is 11.4. The molecule has 1 aromatic rings. The van der Waals surface area contributed by atoms with Gasteiger partial charge in [0.25, 0.3) is 0 Å². The first kappa shape index (κ1) is 14.8. The van der Waals surface area contributed by atoms with Gasteiger partial charge in [-0.05, 0) is 37.6 Å². The second-order valence-corrected chi connectivity index (χ2v) is 4.30. The lowest BCUT2D eigenvalue weighted by atomic mass is 10.2. The van der Waals surface area contributed by atoms with E-state index in [-0.39, 0.29) is 12.6 Å². The van der Waals surface area contributed by atoms with Crippen LogP contribution in [-0.4, -0.2) is 38.0 Å². The molecule has 0 amide bonds. The van der Waals surface area contributed by atoms with Crippen LogP contribution >= 0.6 is 0 Å². The van der Waals surface area contributed by atoms with Crippen LogP contribution in [0.15, 0.2) is 18.2 Å². The zero-order valence-electron chi connectivity index (χ0n) is 11.4. The van der Waals surface area contributed by atoms with Crippen LogP contribution in [0.25, 0.3) is 0 Å². The summed E-state index contributed by atoms with van der Waals surface area (Å²) in [5.41, 5.74) is 1.13. The average molecular weight is 253 g/mol. The van der Waals surface area contributed by atoms with Crippen molar-refractivity contribution < 1.29 is 14.6 Å². The maximum atomic E-state index is 9.23. The first-order valence-electron chi connectivity index (χ1n) is 6.33. The molecule has 0 aliphatic carbocycles. The number of hydrogen-bond donors (Lipinski definition) is 2. The molecule has 0 saturated heterocycles. The molecule has 18 heavy (non-hydrogen) atoms. The molecule has 0 aliphatic heterocycles. The fourth-order valence-electron chi connectivity index (χ4n) is 1.61. The summed E-state index contributed by atoms with van der Waals surface area (Å²) in [4.78, 5) is 0. The minimum atomic E-state index is -0.0454. The molecule has 0 fully saturated rings. The Balaban J connectivity index is 2.56. The van der Waals surface area contributed by atoms with E-state index in [1.54, 1.807) is 7.11 Å². The van der Waals surface area contributed by atoms with Gasteiger partial charge in [-0.15, -0.1) is 0 Å². The fourth-order valence-corrected chi connectivity index (χ4v) is 1.61. The van der Waals surface area contributed by atoms with Crippen LogP contribution < -0.4 is 14.8 Å². The summed E-state index contributed by atoms with van der Waals surface area (Å²) in [6.45, 7) is 5.46. The summed E-state index contributed by atoms with van der Waals surface area (Å²) < 4.78 is 11.0. The van der Waals surface area contributed by atoms with E-state index in [0.29, 0.717) is 12.4 Å². The third kappa shape index (κ3) is 4.55. The van der Waals surface area contributed by atoms with Crippen molar-refractivity contribution in [3.8, 4) is 11.5 Å². The second kappa shape index (κ2) is 7.95. The quantitative estimate of drug-likeness (QED) is 0.741. The SMILES string of the molecule is CCCNC(CO)COc1ccc(C)cc1OC. The Morgan fingerprint density at radius 2 is 2.11 bits per heavy atom. The Hall–Kier alpha value is -1.26. The molecule has 0 spiro atoms. The molecule has 0 radical (unpaired) electrons. The van der Waals surface area contributed by atoms with Crippen LogP contribution in [0.2, 0.25) is 0 Å². The molecule has 2 N–H and O–H groups in total. The highest BCUT2D eigenvalue weighted by atomic mass is 16.5. The maximum absolute atomic E-state index is 9.23. The van der Waals surface area contributed by atoms with Crippen molar-refractivity contribution in [1.29, 1.82) is 0 Å². The smallest absolute Gasteiger partial charge is 0.161 e. The van der Waals surface area contributed by atoms with Gasteiger partial charge >= 0.3 is 0 Å².